The monoisotopic (exact) mass is 361 g/mol. The van der Waals surface area contributed by atoms with Gasteiger partial charge in [0.25, 0.3) is 5.91 Å². The van der Waals surface area contributed by atoms with Crippen molar-refractivity contribution in [1.29, 1.82) is 0 Å². The zero-order valence-corrected chi connectivity index (χ0v) is 14.7. The SMILES string of the molecule is CC(C)C(NC(=O)C1COc2ccccc2O1)C(=O)Nc1nccs1. The minimum absolute atomic E-state index is 0.0966. The lowest BCUT2D eigenvalue weighted by molar-refractivity contribution is -0.134. The van der Waals surface area contributed by atoms with Crippen molar-refractivity contribution in [2.45, 2.75) is 26.0 Å². The van der Waals surface area contributed by atoms with Crippen molar-refractivity contribution in [3.63, 3.8) is 0 Å². The van der Waals surface area contributed by atoms with Crippen LogP contribution < -0.4 is 20.1 Å². The lowest BCUT2D eigenvalue weighted by Crippen LogP contribution is -2.53. The zero-order valence-electron chi connectivity index (χ0n) is 13.9. The maximum Gasteiger partial charge on any atom is 0.265 e. The predicted molar refractivity (Wildman–Crippen MR) is 93.9 cm³/mol. The highest BCUT2D eigenvalue weighted by Crippen LogP contribution is 2.30. The van der Waals surface area contributed by atoms with Gasteiger partial charge < -0.3 is 20.1 Å². The number of para-hydroxylation sites is 2. The Hall–Kier alpha value is -2.61. The molecule has 1 aromatic heterocycles. The first kappa shape index (κ1) is 17.2. The Kier molecular flexibility index (Phi) is 5.18. The van der Waals surface area contributed by atoms with Crippen LogP contribution in [0.2, 0.25) is 0 Å². The molecule has 25 heavy (non-hydrogen) atoms. The van der Waals surface area contributed by atoms with Crippen LogP contribution in [0.1, 0.15) is 13.8 Å². The van der Waals surface area contributed by atoms with E-state index in [4.69, 9.17) is 9.47 Å². The number of hydrogen-bond acceptors (Lipinski definition) is 6. The molecule has 1 aliphatic rings. The lowest BCUT2D eigenvalue weighted by atomic mass is 10.0. The molecule has 132 valence electrons. The van der Waals surface area contributed by atoms with Gasteiger partial charge in [0.1, 0.15) is 12.6 Å². The molecule has 2 unspecified atom stereocenters. The Bertz CT molecular complexity index is 748. The van der Waals surface area contributed by atoms with Gasteiger partial charge in [0.05, 0.1) is 0 Å². The average Bonchev–Trinajstić information content (AvgIpc) is 3.11. The van der Waals surface area contributed by atoms with Gasteiger partial charge >= 0.3 is 0 Å². The van der Waals surface area contributed by atoms with Gasteiger partial charge in [-0.05, 0) is 18.1 Å². The second kappa shape index (κ2) is 7.52. The smallest absolute Gasteiger partial charge is 0.265 e. The van der Waals surface area contributed by atoms with E-state index in [1.807, 2.05) is 19.9 Å². The van der Waals surface area contributed by atoms with Gasteiger partial charge in [-0.15, -0.1) is 11.3 Å². The summed E-state index contributed by atoms with van der Waals surface area (Å²) in [6.07, 6.45) is 0.803. The van der Waals surface area contributed by atoms with E-state index < -0.39 is 12.1 Å². The minimum atomic E-state index is -0.802. The molecular formula is C17H19N3O4S. The average molecular weight is 361 g/mol. The molecule has 3 rings (SSSR count). The van der Waals surface area contributed by atoms with Crippen molar-refractivity contribution < 1.29 is 19.1 Å². The molecule has 0 saturated carbocycles. The molecule has 0 spiro atoms. The molecular weight excluding hydrogens is 342 g/mol. The number of carbonyl (C=O) groups is 2. The summed E-state index contributed by atoms with van der Waals surface area (Å²) in [5, 5.41) is 7.72. The van der Waals surface area contributed by atoms with Crippen molar-refractivity contribution in [3.8, 4) is 11.5 Å². The fourth-order valence-electron chi connectivity index (χ4n) is 2.40. The number of carbonyl (C=O) groups excluding carboxylic acids is 2. The molecule has 2 aromatic rings. The quantitative estimate of drug-likeness (QED) is 0.851. The molecule has 0 bridgehead atoms. The molecule has 0 aliphatic carbocycles. The van der Waals surface area contributed by atoms with Crippen molar-refractivity contribution in [2.75, 3.05) is 11.9 Å². The third-order valence-electron chi connectivity index (χ3n) is 3.71. The second-order valence-electron chi connectivity index (χ2n) is 5.92. The standard InChI is InChI=1S/C17H19N3O4S/c1-10(2)14(16(22)20-17-18-7-8-25-17)19-15(21)13-9-23-11-5-3-4-6-12(11)24-13/h3-8,10,13-14H,9H2,1-2H3,(H,19,21)(H,18,20,22). The lowest BCUT2D eigenvalue weighted by Gasteiger charge is -2.28. The molecule has 7 nitrogen and oxygen atoms in total. The number of thiazole rings is 1. The summed E-state index contributed by atoms with van der Waals surface area (Å²) in [6, 6.07) is 6.46. The summed E-state index contributed by atoms with van der Waals surface area (Å²) in [7, 11) is 0. The molecule has 0 fully saturated rings. The van der Waals surface area contributed by atoms with Crippen LogP contribution in [-0.4, -0.2) is 35.6 Å². The van der Waals surface area contributed by atoms with Crippen molar-refractivity contribution in [1.82, 2.24) is 10.3 Å². The summed E-state index contributed by atoms with van der Waals surface area (Å²) in [5.74, 6) is 0.328. The summed E-state index contributed by atoms with van der Waals surface area (Å²) in [6.45, 7) is 3.82. The fourth-order valence-corrected chi connectivity index (χ4v) is 2.93. The van der Waals surface area contributed by atoms with Crippen molar-refractivity contribution in [3.05, 3.63) is 35.8 Å². The van der Waals surface area contributed by atoms with E-state index in [9.17, 15) is 9.59 Å². The molecule has 2 heterocycles. The van der Waals surface area contributed by atoms with Gasteiger partial charge in [-0.2, -0.15) is 0 Å². The summed E-state index contributed by atoms with van der Waals surface area (Å²) >= 11 is 1.32. The molecule has 1 aliphatic heterocycles. The van der Waals surface area contributed by atoms with E-state index in [1.54, 1.807) is 29.8 Å². The Balaban J connectivity index is 1.64. The van der Waals surface area contributed by atoms with E-state index in [1.165, 1.54) is 11.3 Å². The van der Waals surface area contributed by atoms with E-state index in [0.717, 1.165) is 0 Å². The molecule has 0 saturated heterocycles. The molecule has 2 amide bonds. The summed E-state index contributed by atoms with van der Waals surface area (Å²) in [4.78, 5) is 29.0. The Morgan fingerprint density at radius 3 is 2.72 bits per heavy atom. The number of nitrogens with one attached hydrogen (secondary N) is 2. The zero-order chi connectivity index (χ0) is 17.8. The third kappa shape index (κ3) is 4.08. The first-order valence-electron chi connectivity index (χ1n) is 7.94. The van der Waals surface area contributed by atoms with Crippen LogP contribution in [0.25, 0.3) is 0 Å². The topological polar surface area (TPSA) is 89.5 Å². The van der Waals surface area contributed by atoms with Crippen LogP contribution in [0.5, 0.6) is 11.5 Å². The number of amides is 2. The maximum atomic E-state index is 12.5. The highest BCUT2D eigenvalue weighted by Gasteiger charge is 2.32. The summed E-state index contributed by atoms with van der Waals surface area (Å²) < 4.78 is 11.2. The van der Waals surface area contributed by atoms with E-state index in [2.05, 4.69) is 15.6 Å². The molecule has 2 N–H and O–H groups in total. The fraction of sp³-hybridized carbons (Fsp3) is 0.353. The molecule has 0 radical (unpaired) electrons. The van der Waals surface area contributed by atoms with Crippen LogP contribution >= 0.6 is 11.3 Å². The van der Waals surface area contributed by atoms with E-state index in [-0.39, 0.29) is 24.3 Å². The first-order chi connectivity index (χ1) is 12.0. The maximum absolute atomic E-state index is 12.5. The van der Waals surface area contributed by atoms with Crippen LogP contribution in [0.3, 0.4) is 0 Å². The van der Waals surface area contributed by atoms with Gasteiger partial charge in [-0.25, -0.2) is 4.98 Å². The number of nitrogens with zero attached hydrogens (tertiary/aromatic N) is 1. The minimum Gasteiger partial charge on any atom is -0.485 e. The van der Waals surface area contributed by atoms with Crippen molar-refractivity contribution >= 4 is 28.3 Å². The molecule has 2 atom stereocenters. The highest BCUT2D eigenvalue weighted by atomic mass is 32.1. The van der Waals surface area contributed by atoms with Gasteiger partial charge in [0.2, 0.25) is 12.0 Å². The Morgan fingerprint density at radius 2 is 2.04 bits per heavy atom. The number of fused-ring (bicyclic) bond motifs is 1. The largest absolute Gasteiger partial charge is 0.485 e. The number of aromatic nitrogens is 1. The highest BCUT2D eigenvalue weighted by molar-refractivity contribution is 7.13. The number of anilines is 1. The van der Waals surface area contributed by atoms with E-state index >= 15 is 0 Å². The Morgan fingerprint density at radius 1 is 1.28 bits per heavy atom. The number of rotatable bonds is 5. The van der Waals surface area contributed by atoms with Gasteiger partial charge in [0, 0.05) is 11.6 Å². The third-order valence-corrected chi connectivity index (χ3v) is 4.40. The normalized spacial score (nSPS) is 17.0. The van der Waals surface area contributed by atoms with Crippen LogP contribution in [0, 0.1) is 5.92 Å². The van der Waals surface area contributed by atoms with Crippen molar-refractivity contribution in [2.24, 2.45) is 5.92 Å². The molecule has 1 aromatic carbocycles. The predicted octanol–water partition coefficient (Wildman–Crippen LogP) is 2.06. The van der Waals surface area contributed by atoms with Crippen LogP contribution in [0.4, 0.5) is 5.13 Å². The van der Waals surface area contributed by atoms with Gasteiger partial charge in [-0.1, -0.05) is 26.0 Å². The van der Waals surface area contributed by atoms with Gasteiger partial charge in [-0.3, -0.25) is 9.59 Å². The molecule has 8 heteroatoms. The van der Waals surface area contributed by atoms with E-state index in [0.29, 0.717) is 16.6 Å². The van der Waals surface area contributed by atoms with Gasteiger partial charge in [0.15, 0.2) is 16.6 Å². The Labute approximate surface area is 149 Å². The number of hydrogen-bond donors (Lipinski definition) is 2. The van der Waals surface area contributed by atoms with Crippen LogP contribution in [0.15, 0.2) is 35.8 Å². The number of ether oxygens (including phenoxy) is 2. The van der Waals surface area contributed by atoms with Crippen LogP contribution in [-0.2, 0) is 9.59 Å². The number of benzene rings is 1. The second-order valence-corrected chi connectivity index (χ2v) is 6.82. The first-order valence-corrected chi connectivity index (χ1v) is 8.82. The summed E-state index contributed by atoms with van der Waals surface area (Å²) in [5.41, 5.74) is 0.